The van der Waals surface area contributed by atoms with Gasteiger partial charge in [-0.2, -0.15) is 0 Å². The molecule has 9 heteroatoms. The molecule has 3 aromatic rings. The van der Waals surface area contributed by atoms with Crippen LogP contribution in [0.25, 0.3) is 11.2 Å². The highest BCUT2D eigenvalue weighted by Gasteiger charge is 2.22. The molecular formula is C17H14N6O3. The average Bonchev–Trinajstić information content (AvgIpc) is 3.32. The second kappa shape index (κ2) is 6.43. The molecule has 0 unspecified atom stereocenters. The zero-order valence-corrected chi connectivity index (χ0v) is 13.8. The number of carbonyl (C=O) groups is 1. The van der Waals surface area contributed by atoms with Crippen molar-refractivity contribution in [3.63, 3.8) is 0 Å². The van der Waals surface area contributed by atoms with E-state index in [0.29, 0.717) is 11.5 Å². The summed E-state index contributed by atoms with van der Waals surface area (Å²) < 4.78 is 5.37. The van der Waals surface area contributed by atoms with Crippen molar-refractivity contribution in [3.8, 4) is 0 Å². The van der Waals surface area contributed by atoms with Crippen molar-refractivity contribution in [1.29, 1.82) is 0 Å². The number of nitrogens with zero attached hydrogens (tertiary/aromatic N) is 5. The lowest BCUT2D eigenvalue weighted by atomic mass is 9.99. The monoisotopic (exact) mass is 350 g/mol. The van der Waals surface area contributed by atoms with Gasteiger partial charge in [0.25, 0.3) is 5.56 Å². The van der Waals surface area contributed by atoms with Crippen molar-refractivity contribution in [2.75, 3.05) is 0 Å². The number of aliphatic imine (C=N–C) groups is 1. The molecule has 0 saturated carbocycles. The van der Waals surface area contributed by atoms with E-state index in [0.717, 1.165) is 18.3 Å². The van der Waals surface area contributed by atoms with E-state index in [9.17, 15) is 9.59 Å². The van der Waals surface area contributed by atoms with Crippen LogP contribution in [0.5, 0.6) is 0 Å². The minimum atomic E-state index is -0.388. The Kier molecular flexibility index (Phi) is 3.96. The molecule has 0 aliphatic carbocycles. The van der Waals surface area contributed by atoms with Crippen LogP contribution in [0.4, 0.5) is 0 Å². The Morgan fingerprint density at radius 1 is 1.35 bits per heavy atom. The number of aromatic amines is 1. The summed E-state index contributed by atoms with van der Waals surface area (Å²) in [5.74, 6) is 0.177. The zero-order chi connectivity index (χ0) is 18.1. The molecule has 0 fully saturated rings. The largest absolute Gasteiger partial charge is 0.360 e. The summed E-state index contributed by atoms with van der Waals surface area (Å²) in [6.45, 7) is 1.87. The topological polar surface area (TPSA) is 127 Å². The minimum absolute atomic E-state index is 0.159. The first kappa shape index (κ1) is 16.0. The Balaban J connectivity index is 1.56. The number of hydrogen-bond acceptors (Lipinski definition) is 8. The number of nitrogens with one attached hydrogen (secondary N) is 1. The lowest BCUT2D eigenvalue weighted by Crippen LogP contribution is -2.12. The predicted molar refractivity (Wildman–Crippen MR) is 92.1 cm³/mol. The Labute approximate surface area is 146 Å². The van der Waals surface area contributed by atoms with Crippen molar-refractivity contribution in [2.45, 2.75) is 25.7 Å². The summed E-state index contributed by atoms with van der Waals surface area (Å²) >= 11 is 0. The van der Waals surface area contributed by atoms with Gasteiger partial charge in [0.05, 0.1) is 11.9 Å². The van der Waals surface area contributed by atoms with Crippen molar-refractivity contribution in [3.05, 3.63) is 58.4 Å². The van der Waals surface area contributed by atoms with E-state index in [1.54, 1.807) is 12.3 Å². The standard InChI is InChI=1S/C17H14N6O3/c1-9(13-6-11(23-26-13)10-3-2-4-18-10)5-12(24)15-16-17(21-8-20-15)22-14(25)7-19-16/h2,4,6-9H,3,5H2,1H3,(H,20,21,22,25)/t9-/m0/s1. The fourth-order valence-electron chi connectivity index (χ4n) is 2.73. The van der Waals surface area contributed by atoms with Crippen molar-refractivity contribution in [2.24, 2.45) is 4.99 Å². The van der Waals surface area contributed by atoms with Crippen LogP contribution in [-0.4, -0.2) is 36.6 Å². The lowest BCUT2D eigenvalue weighted by Gasteiger charge is -2.07. The number of Topliss-reactive ketones (excluding diaryl/α,β-unsaturated/α-hetero) is 1. The predicted octanol–water partition coefficient (Wildman–Crippen LogP) is 1.78. The highest BCUT2D eigenvalue weighted by atomic mass is 16.5. The first-order valence-electron chi connectivity index (χ1n) is 8.03. The van der Waals surface area contributed by atoms with Gasteiger partial charge in [-0.25, -0.2) is 15.0 Å². The van der Waals surface area contributed by atoms with E-state index in [-0.39, 0.29) is 40.5 Å². The van der Waals surface area contributed by atoms with E-state index in [4.69, 9.17) is 4.52 Å². The minimum Gasteiger partial charge on any atom is -0.360 e. The van der Waals surface area contributed by atoms with Crippen LogP contribution in [0.15, 0.2) is 45.2 Å². The first-order valence-corrected chi connectivity index (χ1v) is 8.03. The highest BCUT2D eigenvalue weighted by molar-refractivity contribution is 6.03. The normalized spacial score (nSPS) is 14.6. The number of aromatic nitrogens is 5. The first-order chi connectivity index (χ1) is 12.6. The maximum absolute atomic E-state index is 12.7. The van der Waals surface area contributed by atoms with Gasteiger partial charge in [-0.3, -0.25) is 14.6 Å². The van der Waals surface area contributed by atoms with Crippen LogP contribution in [-0.2, 0) is 0 Å². The van der Waals surface area contributed by atoms with Crippen LogP contribution in [0.3, 0.4) is 0 Å². The van der Waals surface area contributed by atoms with E-state index in [1.165, 1.54) is 6.33 Å². The fraction of sp³-hybridized carbons (Fsp3) is 0.235. The molecule has 9 nitrogen and oxygen atoms in total. The van der Waals surface area contributed by atoms with Crippen LogP contribution in [0, 0.1) is 0 Å². The SMILES string of the molecule is C[C@@H](CC(=O)c1ncnc2[nH]c(=O)cnc12)c1cc(C2=NC=CC2)no1. The van der Waals surface area contributed by atoms with Gasteiger partial charge in [-0.05, 0) is 0 Å². The molecule has 1 aliphatic rings. The molecule has 3 aromatic heterocycles. The number of rotatable bonds is 5. The van der Waals surface area contributed by atoms with Crippen molar-refractivity contribution < 1.29 is 9.32 Å². The summed E-state index contributed by atoms with van der Waals surface area (Å²) in [5.41, 5.74) is 1.80. The Hall–Kier alpha value is -3.49. The van der Waals surface area contributed by atoms with Gasteiger partial charge in [0.15, 0.2) is 11.4 Å². The third-order valence-corrected chi connectivity index (χ3v) is 4.09. The van der Waals surface area contributed by atoms with Gasteiger partial charge in [-0.15, -0.1) is 0 Å². The quantitative estimate of drug-likeness (QED) is 0.695. The third-order valence-electron chi connectivity index (χ3n) is 4.09. The van der Waals surface area contributed by atoms with Gasteiger partial charge < -0.3 is 9.51 Å². The maximum Gasteiger partial charge on any atom is 0.268 e. The Bertz CT molecular complexity index is 1110. The molecule has 1 aliphatic heterocycles. The number of H-pyrrole nitrogens is 1. The second-order valence-corrected chi connectivity index (χ2v) is 5.97. The molecule has 0 bridgehead atoms. The van der Waals surface area contributed by atoms with Gasteiger partial charge >= 0.3 is 0 Å². The maximum atomic E-state index is 12.7. The molecule has 130 valence electrons. The van der Waals surface area contributed by atoms with Crippen LogP contribution >= 0.6 is 0 Å². The van der Waals surface area contributed by atoms with Crippen LogP contribution < -0.4 is 5.56 Å². The lowest BCUT2D eigenvalue weighted by molar-refractivity contribution is 0.0968. The summed E-state index contributed by atoms with van der Waals surface area (Å²) in [6, 6.07) is 1.80. The molecule has 1 atom stereocenters. The molecule has 0 spiro atoms. The Morgan fingerprint density at radius 2 is 2.23 bits per heavy atom. The van der Waals surface area contributed by atoms with E-state index >= 15 is 0 Å². The zero-order valence-electron chi connectivity index (χ0n) is 13.8. The molecule has 0 saturated heterocycles. The third kappa shape index (κ3) is 2.94. The van der Waals surface area contributed by atoms with Crippen molar-refractivity contribution >= 4 is 22.7 Å². The summed E-state index contributed by atoms with van der Waals surface area (Å²) in [5, 5.41) is 4.02. The molecule has 0 radical (unpaired) electrons. The van der Waals surface area contributed by atoms with Gasteiger partial charge in [0, 0.05) is 31.0 Å². The van der Waals surface area contributed by atoms with Crippen LogP contribution in [0.2, 0.25) is 0 Å². The number of ketones is 1. The van der Waals surface area contributed by atoms with E-state index in [1.807, 2.05) is 13.0 Å². The fourth-order valence-corrected chi connectivity index (χ4v) is 2.73. The van der Waals surface area contributed by atoms with Gasteiger partial charge in [0.2, 0.25) is 0 Å². The second-order valence-electron chi connectivity index (χ2n) is 5.97. The van der Waals surface area contributed by atoms with E-state index in [2.05, 4.69) is 30.1 Å². The molecular weight excluding hydrogens is 336 g/mol. The number of allylic oxidation sites excluding steroid dienone is 1. The molecule has 4 rings (SSSR count). The molecule has 0 aromatic carbocycles. The molecule has 26 heavy (non-hydrogen) atoms. The number of fused-ring (bicyclic) bond motifs is 1. The Morgan fingerprint density at radius 3 is 3.04 bits per heavy atom. The van der Waals surface area contributed by atoms with Crippen LogP contribution in [0.1, 0.15) is 47.6 Å². The number of carbonyl (C=O) groups excluding carboxylic acids is 1. The van der Waals surface area contributed by atoms with Crippen molar-refractivity contribution in [1.82, 2.24) is 25.1 Å². The molecule has 1 N–H and O–H groups in total. The van der Waals surface area contributed by atoms with Gasteiger partial charge in [0.1, 0.15) is 29.0 Å². The van der Waals surface area contributed by atoms with Gasteiger partial charge in [-0.1, -0.05) is 18.2 Å². The summed E-state index contributed by atoms with van der Waals surface area (Å²) in [4.78, 5) is 42.7. The summed E-state index contributed by atoms with van der Waals surface area (Å²) in [6.07, 6.45) is 6.88. The molecule has 4 heterocycles. The average molecular weight is 350 g/mol. The van der Waals surface area contributed by atoms with E-state index < -0.39 is 0 Å². The summed E-state index contributed by atoms with van der Waals surface area (Å²) in [7, 11) is 0. The highest BCUT2D eigenvalue weighted by Crippen LogP contribution is 2.24. The molecule has 0 amide bonds. The smallest absolute Gasteiger partial charge is 0.268 e. The number of hydrogen-bond donors (Lipinski definition) is 1.